The van der Waals surface area contributed by atoms with Gasteiger partial charge in [0.1, 0.15) is 5.82 Å². The fourth-order valence-corrected chi connectivity index (χ4v) is 4.15. The number of hydrogen-bond donors (Lipinski definition) is 1. The number of amides is 1. The molecule has 1 amide bonds. The van der Waals surface area contributed by atoms with Gasteiger partial charge in [-0.1, -0.05) is 23.8 Å². The fourth-order valence-electron chi connectivity index (χ4n) is 4.15. The van der Waals surface area contributed by atoms with Crippen molar-refractivity contribution in [1.29, 1.82) is 0 Å². The maximum absolute atomic E-state index is 13.1. The molecule has 1 atom stereocenters. The van der Waals surface area contributed by atoms with Crippen molar-refractivity contribution in [2.45, 2.75) is 26.3 Å². The molecule has 1 fully saturated rings. The summed E-state index contributed by atoms with van der Waals surface area (Å²) in [6.07, 6.45) is 4.36. The van der Waals surface area contributed by atoms with Crippen LogP contribution in [0.25, 0.3) is 5.69 Å². The van der Waals surface area contributed by atoms with E-state index in [0.29, 0.717) is 50.4 Å². The van der Waals surface area contributed by atoms with Crippen LogP contribution in [-0.2, 0) is 11.3 Å². The molecule has 8 nitrogen and oxygen atoms in total. The van der Waals surface area contributed by atoms with Crippen molar-refractivity contribution < 1.29 is 9.59 Å². The number of carbonyl (C=O) groups is 2. The van der Waals surface area contributed by atoms with Gasteiger partial charge in [-0.25, -0.2) is 4.68 Å². The number of likely N-dealkylation sites (tertiary alicyclic amines) is 1. The molecule has 3 heterocycles. The zero-order valence-electron chi connectivity index (χ0n) is 19.1. The standard InChI is InChI=1S/C25H30N6O2/c1-18-6-8-21(9-7-18)31-25(26)22(15-28-31)24(33)19-10-14-30(16-19)23(32)11-13-29(2)17-20-5-3-4-12-27-20/h3-9,12,15,19H,10-11,13-14,16-17,26H2,1-2H3/t19-/m1/s1. The lowest BCUT2D eigenvalue weighted by molar-refractivity contribution is -0.130. The highest BCUT2D eigenvalue weighted by molar-refractivity contribution is 6.02. The van der Waals surface area contributed by atoms with Crippen LogP contribution in [-0.4, -0.2) is 62.9 Å². The van der Waals surface area contributed by atoms with Gasteiger partial charge in [-0.2, -0.15) is 5.10 Å². The van der Waals surface area contributed by atoms with Crippen molar-refractivity contribution in [3.05, 3.63) is 71.7 Å². The van der Waals surface area contributed by atoms with Crippen molar-refractivity contribution in [2.24, 2.45) is 5.92 Å². The summed E-state index contributed by atoms with van der Waals surface area (Å²) in [5.41, 5.74) is 9.62. The molecular weight excluding hydrogens is 416 g/mol. The molecule has 4 rings (SSSR count). The minimum atomic E-state index is -0.252. The number of nitrogens with two attached hydrogens (primary N) is 1. The lowest BCUT2D eigenvalue weighted by atomic mass is 9.98. The Kier molecular flexibility index (Phi) is 6.84. The van der Waals surface area contributed by atoms with Crippen molar-refractivity contribution >= 4 is 17.5 Å². The van der Waals surface area contributed by atoms with E-state index in [1.165, 1.54) is 6.20 Å². The Bertz CT molecular complexity index is 1110. The molecule has 0 spiro atoms. The van der Waals surface area contributed by atoms with Crippen LogP contribution in [0.5, 0.6) is 0 Å². The molecule has 1 aliphatic rings. The second kappa shape index (κ2) is 9.95. The molecule has 0 unspecified atom stereocenters. The monoisotopic (exact) mass is 446 g/mol. The third-order valence-electron chi connectivity index (χ3n) is 6.13. The summed E-state index contributed by atoms with van der Waals surface area (Å²) >= 11 is 0. The van der Waals surface area contributed by atoms with Crippen molar-refractivity contribution in [3.8, 4) is 5.69 Å². The van der Waals surface area contributed by atoms with E-state index in [9.17, 15) is 9.59 Å². The van der Waals surface area contributed by atoms with E-state index in [2.05, 4.69) is 15.0 Å². The number of aromatic nitrogens is 3. The molecule has 3 aromatic rings. The van der Waals surface area contributed by atoms with Gasteiger partial charge in [-0.05, 0) is 44.7 Å². The Hall–Kier alpha value is -3.52. The van der Waals surface area contributed by atoms with Crippen LogP contribution >= 0.6 is 0 Å². The molecule has 0 bridgehead atoms. The summed E-state index contributed by atoms with van der Waals surface area (Å²) in [7, 11) is 1.98. The van der Waals surface area contributed by atoms with Gasteiger partial charge in [0.15, 0.2) is 5.78 Å². The first-order valence-electron chi connectivity index (χ1n) is 11.2. The number of anilines is 1. The molecule has 33 heavy (non-hydrogen) atoms. The summed E-state index contributed by atoms with van der Waals surface area (Å²) in [5, 5.41) is 4.33. The lowest BCUT2D eigenvalue weighted by Crippen LogP contribution is -2.32. The predicted molar refractivity (Wildman–Crippen MR) is 127 cm³/mol. The normalized spacial score (nSPS) is 15.8. The Morgan fingerprint density at radius 1 is 1.18 bits per heavy atom. The zero-order valence-corrected chi connectivity index (χ0v) is 19.1. The first-order chi connectivity index (χ1) is 15.9. The van der Waals surface area contributed by atoms with Crippen LogP contribution in [0.3, 0.4) is 0 Å². The predicted octanol–water partition coefficient (Wildman–Crippen LogP) is 2.71. The third-order valence-corrected chi connectivity index (χ3v) is 6.13. The van der Waals surface area contributed by atoms with Gasteiger partial charge in [-0.3, -0.25) is 14.6 Å². The molecule has 0 aliphatic carbocycles. The van der Waals surface area contributed by atoms with E-state index >= 15 is 0 Å². The molecule has 2 aromatic heterocycles. The molecule has 172 valence electrons. The average molecular weight is 447 g/mol. The van der Waals surface area contributed by atoms with Gasteiger partial charge >= 0.3 is 0 Å². The molecule has 0 saturated carbocycles. The van der Waals surface area contributed by atoms with Crippen LogP contribution in [0.1, 0.15) is 34.5 Å². The Morgan fingerprint density at radius 3 is 2.70 bits per heavy atom. The average Bonchev–Trinajstić information content (AvgIpc) is 3.46. The highest BCUT2D eigenvalue weighted by Gasteiger charge is 2.33. The van der Waals surface area contributed by atoms with E-state index < -0.39 is 0 Å². The molecule has 1 aliphatic heterocycles. The molecule has 1 saturated heterocycles. The molecule has 2 N–H and O–H groups in total. The van der Waals surface area contributed by atoms with Crippen LogP contribution in [0.2, 0.25) is 0 Å². The number of nitrogen functional groups attached to an aromatic ring is 1. The first-order valence-corrected chi connectivity index (χ1v) is 11.2. The van der Waals surface area contributed by atoms with Gasteiger partial charge in [0.05, 0.1) is 23.1 Å². The SMILES string of the molecule is Cc1ccc(-n2ncc(C(=O)[C@@H]3CCN(C(=O)CCN(C)Cc4ccccn4)C3)c2N)cc1. The van der Waals surface area contributed by atoms with E-state index in [0.717, 1.165) is 16.9 Å². The van der Waals surface area contributed by atoms with Crippen LogP contribution in [0.15, 0.2) is 54.9 Å². The topological polar surface area (TPSA) is 97.4 Å². The van der Waals surface area contributed by atoms with E-state index in [1.807, 2.05) is 56.4 Å². The maximum atomic E-state index is 13.1. The van der Waals surface area contributed by atoms with Crippen LogP contribution < -0.4 is 5.73 Å². The number of pyridine rings is 1. The smallest absolute Gasteiger partial charge is 0.223 e. The maximum Gasteiger partial charge on any atom is 0.223 e. The Morgan fingerprint density at radius 2 is 1.97 bits per heavy atom. The minimum absolute atomic E-state index is 0.0477. The number of Topliss-reactive ketones (excluding diaryl/α,β-unsaturated/α-hetero) is 1. The number of aryl methyl sites for hydroxylation is 1. The van der Waals surface area contributed by atoms with Crippen LogP contribution in [0.4, 0.5) is 5.82 Å². The number of carbonyl (C=O) groups excluding carboxylic acids is 2. The van der Waals surface area contributed by atoms with Crippen molar-refractivity contribution in [2.75, 3.05) is 32.4 Å². The zero-order chi connectivity index (χ0) is 23.4. The number of rotatable bonds is 8. The number of benzene rings is 1. The lowest BCUT2D eigenvalue weighted by Gasteiger charge is -2.20. The van der Waals surface area contributed by atoms with Crippen LogP contribution in [0, 0.1) is 12.8 Å². The summed E-state index contributed by atoms with van der Waals surface area (Å²) in [6, 6.07) is 13.6. The molecular formula is C25H30N6O2. The van der Waals surface area contributed by atoms with E-state index in [-0.39, 0.29) is 17.6 Å². The van der Waals surface area contributed by atoms with E-state index in [4.69, 9.17) is 5.73 Å². The Balaban J connectivity index is 1.31. The fraction of sp³-hybridized carbons (Fsp3) is 0.360. The summed E-state index contributed by atoms with van der Waals surface area (Å²) in [5.74, 6) is 0.109. The van der Waals surface area contributed by atoms with Gasteiger partial charge in [0.25, 0.3) is 0 Å². The Labute approximate surface area is 194 Å². The van der Waals surface area contributed by atoms with Gasteiger partial charge in [0, 0.05) is 44.7 Å². The second-order valence-corrected chi connectivity index (χ2v) is 8.69. The molecule has 0 radical (unpaired) electrons. The van der Waals surface area contributed by atoms with Crippen molar-refractivity contribution in [3.63, 3.8) is 0 Å². The summed E-state index contributed by atoms with van der Waals surface area (Å²) in [4.78, 5) is 34.0. The van der Waals surface area contributed by atoms with Crippen molar-refractivity contribution in [1.82, 2.24) is 24.6 Å². The highest BCUT2D eigenvalue weighted by Crippen LogP contribution is 2.26. The third kappa shape index (κ3) is 5.28. The minimum Gasteiger partial charge on any atom is -0.383 e. The summed E-state index contributed by atoms with van der Waals surface area (Å²) in [6.45, 7) is 4.36. The highest BCUT2D eigenvalue weighted by atomic mass is 16.2. The van der Waals surface area contributed by atoms with Gasteiger partial charge in [-0.15, -0.1) is 0 Å². The molecule has 8 heteroatoms. The second-order valence-electron chi connectivity index (χ2n) is 8.69. The number of hydrogen-bond acceptors (Lipinski definition) is 6. The number of nitrogens with zero attached hydrogens (tertiary/aromatic N) is 5. The van der Waals surface area contributed by atoms with Gasteiger partial charge in [0.2, 0.25) is 5.91 Å². The first kappa shape index (κ1) is 22.7. The number of ketones is 1. The quantitative estimate of drug-likeness (QED) is 0.535. The van der Waals surface area contributed by atoms with Gasteiger partial charge < -0.3 is 15.5 Å². The summed E-state index contributed by atoms with van der Waals surface area (Å²) < 4.78 is 1.59. The largest absolute Gasteiger partial charge is 0.383 e. The van der Waals surface area contributed by atoms with E-state index in [1.54, 1.807) is 15.8 Å². The molecule has 1 aromatic carbocycles.